The third-order valence-corrected chi connectivity index (χ3v) is 3.93. The molecule has 0 spiro atoms. The molecule has 0 atom stereocenters. The van der Waals surface area contributed by atoms with E-state index in [9.17, 15) is 8.42 Å². The van der Waals surface area contributed by atoms with Crippen LogP contribution in [0, 0.1) is 6.92 Å². The molecule has 0 radical (unpaired) electrons. The van der Waals surface area contributed by atoms with Crippen molar-refractivity contribution in [1.82, 2.24) is 5.32 Å². The first-order valence-electron chi connectivity index (χ1n) is 6.52. The molecule has 1 aromatic carbocycles. The fraction of sp³-hybridized carbons (Fsp3) is 0.571. The Kier molecular flexibility index (Phi) is 5.82. The molecule has 0 amide bonds. The predicted molar refractivity (Wildman–Crippen MR) is 81.5 cm³/mol. The summed E-state index contributed by atoms with van der Waals surface area (Å²) >= 11 is 0. The standard InChI is InChI=1S/C14H24N2O2S/c1-5-15-11-13-10-12(2)6-7-14(13)16(3)8-9-19(4,17)18/h6-7,10,15H,5,8-9,11H2,1-4H3. The SMILES string of the molecule is CCNCc1cc(C)ccc1N(C)CCS(C)(=O)=O. The fourth-order valence-corrected chi connectivity index (χ4v) is 2.52. The maximum absolute atomic E-state index is 11.2. The molecule has 0 heterocycles. The molecule has 0 fully saturated rings. The first-order chi connectivity index (χ1) is 8.83. The number of sulfone groups is 1. The quantitative estimate of drug-likeness (QED) is 0.826. The number of hydrogen-bond donors (Lipinski definition) is 1. The van der Waals surface area contributed by atoms with E-state index in [0.29, 0.717) is 6.54 Å². The third-order valence-electron chi connectivity index (χ3n) is 3.01. The molecule has 1 rings (SSSR count). The van der Waals surface area contributed by atoms with E-state index in [4.69, 9.17) is 0 Å². The molecule has 5 heteroatoms. The van der Waals surface area contributed by atoms with Crippen molar-refractivity contribution in [2.75, 3.05) is 37.0 Å². The van der Waals surface area contributed by atoms with E-state index < -0.39 is 9.84 Å². The number of nitrogens with zero attached hydrogens (tertiary/aromatic N) is 1. The summed E-state index contributed by atoms with van der Waals surface area (Å²) in [6, 6.07) is 6.26. The zero-order chi connectivity index (χ0) is 14.5. The van der Waals surface area contributed by atoms with Crippen LogP contribution in [0.15, 0.2) is 18.2 Å². The lowest BCUT2D eigenvalue weighted by Crippen LogP contribution is -2.26. The molecule has 0 aliphatic rings. The first-order valence-corrected chi connectivity index (χ1v) is 8.58. The van der Waals surface area contributed by atoms with Crippen molar-refractivity contribution >= 4 is 15.5 Å². The Labute approximate surface area is 116 Å². The Morgan fingerprint density at radius 1 is 1.32 bits per heavy atom. The van der Waals surface area contributed by atoms with Gasteiger partial charge in [0.2, 0.25) is 0 Å². The zero-order valence-corrected chi connectivity index (χ0v) is 13.0. The smallest absolute Gasteiger partial charge is 0.149 e. The van der Waals surface area contributed by atoms with Gasteiger partial charge in [0.1, 0.15) is 9.84 Å². The lowest BCUT2D eigenvalue weighted by Gasteiger charge is -2.23. The molecule has 108 valence electrons. The lowest BCUT2D eigenvalue weighted by molar-refractivity contribution is 0.601. The van der Waals surface area contributed by atoms with Gasteiger partial charge >= 0.3 is 0 Å². The van der Waals surface area contributed by atoms with Gasteiger partial charge in [-0.25, -0.2) is 8.42 Å². The second kappa shape index (κ2) is 6.91. The third kappa shape index (κ3) is 5.61. The minimum Gasteiger partial charge on any atom is -0.373 e. The van der Waals surface area contributed by atoms with Gasteiger partial charge in [0.05, 0.1) is 5.75 Å². The summed E-state index contributed by atoms with van der Waals surface area (Å²) in [5.41, 5.74) is 3.52. The fourth-order valence-electron chi connectivity index (χ4n) is 1.91. The molecule has 0 aliphatic carbocycles. The minimum atomic E-state index is -2.92. The summed E-state index contributed by atoms with van der Waals surface area (Å²) < 4.78 is 22.5. The van der Waals surface area contributed by atoms with Crippen LogP contribution in [0.2, 0.25) is 0 Å². The van der Waals surface area contributed by atoms with Crippen LogP contribution >= 0.6 is 0 Å². The van der Waals surface area contributed by atoms with Gasteiger partial charge in [-0.15, -0.1) is 0 Å². The Hall–Kier alpha value is -1.07. The van der Waals surface area contributed by atoms with E-state index in [1.165, 1.54) is 17.4 Å². The van der Waals surface area contributed by atoms with Crippen LogP contribution in [-0.2, 0) is 16.4 Å². The summed E-state index contributed by atoms with van der Waals surface area (Å²) in [6.07, 6.45) is 1.27. The van der Waals surface area contributed by atoms with Crippen LogP contribution < -0.4 is 10.2 Å². The maximum Gasteiger partial charge on any atom is 0.149 e. The van der Waals surface area contributed by atoms with Gasteiger partial charge < -0.3 is 10.2 Å². The summed E-state index contributed by atoms with van der Waals surface area (Å²) in [4.78, 5) is 2.01. The second-order valence-corrected chi connectivity index (χ2v) is 7.22. The molecule has 1 aromatic rings. The molecular weight excluding hydrogens is 260 g/mol. The van der Waals surface area contributed by atoms with Crippen LogP contribution in [0.1, 0.15) is 18.1 Å². The number of hydrogen-bond acceptors (Lipinski definition) is 4. The van der Waals surface area contributed by atoms with Crippen LogP contribution in [0.25, 0.3) is 0 Å². The van der Waals surface area contributed by atoms with Crippen LogP contribution in [-0.4, -0.2) is 40.6 Å². The Morgan fingerprint density at radius 2 is 2.00 bits per heavy atom. The highest BCUT2D eigenvalue weighted by atomic mass is 32.2. The summed E-state index contributed by atoms with van der Waals surface area (Å²) in [5.74, 6) is 0.179. The molecule has 4 nitrogen and oxygen atoms in total. The van der Waals surface area contributed by atoms with E-state index in [0.717, 1.165) is 18.8 Å². The molecule has 0 saturated carbocycles. The number of aryl methyl sites for hydroxylation is 1. The number of anilines is 1. The van der Waals surface area contributed by atoms with Crippen LogP contribution in [0.3, 0.4) is 0 Å². The van der Waals surface area contributed by atoms with Crippen molar-refractivity contribution in [2.24, 2.45) is 0 Å². The molecule has 1 N–H and O–H groups in total. The van der Waals surface area contributed by atoms with Gasteiger partial charge in [-0.2, -0.15) is 0 Å². The summed E-state index contributed by atoms with van der Waals surface area (Å²) in [6.45, 7) is 6.37. The molecular formula is C14H24N2O2S. The highest BCUT2D eigenvalue weighted by Crippen LogP contribution is 2.21. The van der Waals surface area contributed by atoms with Gasteiger partial charge in [0, 0.05) is 32.1 Å². The molecule has 0 unspecified atom stereocenters. The van der Waals surface area contributed by atoms with Gasteiger partial charge in [-0.3, -0.25) is 0 Å². The second-order valence-electron chi connectivity index (χ2n) is 4.96. The Morgan fingerprint density at radius 3 is 2.58 bits per heavy atom. The van der Waals surface area contributed by atoms with Gasteiger partial charge in [0.15, 0.2) is 0 Å². The van der Waals surface area contributed by atoms with E-state index in [-0.39, 0.29) is 5.75 Å². The van der Waals surface area contributed by atoms with Crippen molar-refractivity contribution in [3.8, 4) is 0 Å². The highest BCUT2D eigenvalue weighted by Gasteiger charge is 2.10. The van der Waals surface area contributed by atoms with Crippen molar-refractivity contribution in [2.45, 2.75) is 20.4 Å². The Balaban J connectivity index is 2.85. The van der Waals surface area contributed by atoms with Gasteiger partial charge in [0.25, 0.3) is 0 Å². The first kappa shape index (κ1) is 16.0. The molecule has 0 aliphatic heterocycles. The van der Waals surface area contributed by atoms with Crippen LogP contribution in [0.4, 0.5) is 5.69 Å². The summed E-state index contributed by atoms with van der Waals surface area (Å²) in [5, 5.41) is 3.31. The van der Waals surface area contributed by atoms with Crippen LogP contribution in [0.5, 0.6) is 0 Å². The molecule has 0 bridgehead atoms. The van der Waals surface area contributed by atoms with E-state index in [2.05, 4.69) is 37.4 Å². The Bertz CT molecular complexity index is 512. The molecule has 0 aromatic heterocycles. The van der Waals surface area contributed by atoms with Crippen molar-refractivity contribution in [1.29, 1.82) is 0 Å². The normalized spacial score (nSPS) is 11.6. The largest absolute Gasteiger partial charge is 0.373 e. The summed E-state index contributed by atoms with van der Waals surface area (Å²) in [7, 11) is -0.987. The highest BCUT2D eigenvalue weighted by molar-refractivity contribution is 7.90. The maximum atomic E-state index is 11.2. The number of nitrogens with one attached hydrogen (secondary N) is 1. The van der Waals surface area contributed by atoms with E-state index >= 15 is 0 Å². The van der Waals surface area contributed by atoms with Gasteiger partial charge in [-0.1, -0.05) is 24.6 Å². The van der Waals surface area contributed by atoms with Gasteiger partial charge in [-0.05, 0) is 25.1 Å². The van der Waals surface area contributed by atoms with E-state index in [1.54, 1.807) is 0 Å². The minimum absolute atomic E-state index is 0.179. The average Bonchev–Trinajstić information content (AvgIpc) is 2.32. The van der Waals surface area contributed by atoms with E-state index in [1.807, 2.05) is 11.9 Å². The van der Waals surface area contributed by atoms with Crippen molar-refractivity contribution in [3.63, 3.8) is 0 Å². The lowest BCUT2D eigenvalue weighted by atomic mass is 10.1. The zero-order valence-electron chi connectivity index (χ0n) is 12.2. The van der Waals surface area contributed by atoms with Crippen molar-refractivity contribution < 1.29 is 8.42 Å². The topological polar surface area (TPSA) is 49.4 Å². The predicted octanol–water partition coefficient (Wildman–Crippen LogP) is 1.59. The van der Waals surface area contributed by atoms with Crippen molar-refractivity contribution in [3.05, 3.63) is 29.3 Å². The number of benzene rings is 1. The monoisotopic (exact) mass is 284 g/mol. The average molecular weight is 284 g/mol. The molecule has 0 saturated heterocycles. The molecule has 19 heavy (non-hydrogen) atoms. The number of rotatable bonds is 7.